The number of aryl methyl sites for hydroxylation is 1. The third-order valence-corrected chi connectivity index (χ3v) is 5.26. The van der Waals surface area contributed by atoms with Gasteiger partial charge in [-0.1, -0.05) is 0 Å². The second kappa shape index (κ2) is 5.96. The molecule has 0 aromatic carbocycles. The molecule has 0 saturated carbocycles. The molecular formula is C13H17NO3S2. The maximum atomic E-state index is 12.4. The van der Waals surface area contributed by atoms with Crippen LogP contribution in [0.4, 0.5) is 0 Å². The van der Waals surface area contributed by atoms with Crippen molar-refractivity contribution in [2.24, 2.45) is 0 Å². The highest BCUT2D eigenvalue weighted by Crippen LogP contribution is 2.32. The first kappa shape index (κ1) is 14.4. The molecule has 104 valence electrons. The van der Waals surface area contributed by atoms with Gasteiger partial charge in [0.25, 0.3) is 5.91 Å². The zero-order valence-corrected chi connectivity index (χ0v) is 12.6. The van der Waals surface area contributed by atoms with Gasteiger partial charge >= 0.3 is 5.97 Å². The zero-order valence-electron chi connectivity index (χ0n) is 11.0. The molecular weight excluding hydrogens is 282 g/mol. The van der Waals surface area contributed by atoms with E-state index in [9.17, 15) is 9.59 Å². The number of carboxylic acids is 1. The maximum absolute atomic E-state index is 12.4. The molecule has 1 amide bonds. The monoisotopic (exact) mass is 299 g/mol. The predicted octanol–water partition coefficient (Wildman–Crippen LogP) is 2.47. The summed E-state index contributed by atoms with van der Waals surface area (Å²) in [6.07, 6.45) is 1.01. The van der Waals surface area contributed by atoms with E-state index in [2.05, 4.69) is 0 Å². The van der Waals surface area contributed by atoms with Crippen molar-refractivity contribution in [1.29, 1.82) is 0 Å². The molecule has 0 unspecified atom stereocenters. The van der Waals surface area contributed by atoms with Gasteiger partial charge in [0, 0.05) is 16.7 Å². The van der Waals surface area contributed by atoms with Gasteiger partial charge in [0.15, 0.2) is 0 Å². The first-order chi connectivity index (χ1) is 8.99. The number of hydrogen-bond donors (Lipinski definition) is 1. The smallest absolute Gasteiger partial charge is 0.323 e. The molecule has 0 spiro atoms. The molecule has 1 aromatic rings. The van der Waals surface area contributed by atoms with E-state index in [1.807, 2.05) is 31.7 Å². The molecule has 1 N–H and O–H groups in total. The van der Waals surface area contributed by atoms with Crippen molar-refractivity contribution in [2.45, 2.75) is 32.1 Å². The number of carbonyl (C=O) groups is 2. The van der Waals surface area contributed by atoms with Crippen molar-refractivity contribution in [3.63, 3.8) is 0 Å². The van der Waals surface area contributed by atoms with Crippen LogP contribution in [0.3, 0.4) is 0 Å². The van der Waals surface area contributed by atoms with Crippen molar-refractivity contribution in [1.82, 2.24) is 4.90 Å². The minimum absolute atomic E-state index is 0.114. The third-order valence-electron chi connectivity index (χ3n) is 3.03. The van der Waals surface area contributed by atoms with Gasteiger partial charge in [0.1, 0.15) is 6.54 Å². The van der Waals surface area contributed by atoms with Crippen molar-refractivity contribution < 1.29 is 14.7 Å². The van der Waals surface area contributed by atoms with Crippen molar-refractivity contribution >= 4 is 35.0 Å². The Bertz CT molecular complexity index is 473. The summed E-state index contributed by atoms with van der Waals surface area (Å²) in [5.74, 6) is 0.921. The topological polar surface area (TPSA) is 57.6 Å². The molecule has 1 aliphatic rings. The maximum Gasteiger partial charge on any atom is 0.323 e. The van der Waals surface area contributed by atoms with Gasteiger partial charge in [-0.3, -0.25) is 9.59 Å². The van der Waals surface area contributed by atoms with Crippen molar-refractivity contribution in [3.8, 4) is 0 Å². The van der Waals surface area contributed by atoms with Crippen molar-refractivity contribution in [3.05, 3.63) is 21.4 Å². The predicted molar refractivity (Wildman–Crippen MR) is 78.0 cm³/mol. The van der Waals surface area contributed by atoms with Crippen LogP contribution in [0.5, 0.6) is 0 Å². The fourth-order valence-corrected chi connectivity index (χ4v) is 4.36. The minimum Gasteiger partial charge on any atom is -0.480 e. The Balaban J connectivity index is 2.21. The summed E-state index contributed by atoms with van der Waals surface area (Å²) >= 11 is 3.39. The van der Waals surface area contributed by atoms with Gasteiger partial charge in [0.2, 0.25) is 0 Å². The van der Waals surface area contributed by atoms with E-state index in [4.69, 9.17) is 5.11 Å². The van der Waals surface area contributed by atoms with E-state index in [-0.39, 0.29) is 18.5 Å². The number of rotatable bonds is 4. The summed E-state index contributed by atoms with van der Waals surface area (Å²) in [6.45, 7) is 3.43. The Labute approximate surface area is 120 Å². The molecule has 2 heterocycles. The summed E-state index contributed by atoms with van der Waals surface area (Å²) < 4.78 is 0. The largest absolute Gasteiger partial charge is 0.480 e. The van der Waals surface area contributed by atoms with E-state index < -0.39 is 5.97 Å². The quantitative estimate of drug-likeness (QED) is 0.928. The van der Waals surface area contributed by atoms with E-state index in [1.165, 1.54) is 26.7 Å². The van der Waals surface area contributed by atoms with Crippen LogP contribution in [-0.2, 0) is 17.0 Å². The molecule has 4 nitrogen and oxygen atoms in total. The van der Waals surface area contributed by atoms with Gasteiger partial charge in [-0.2, -0.15) is 11.8 Å². The van der Waals surface area contributed by atoms with Gasteiger partial charge < -0.3 is 10.0 Å². The lowest BCUT2D eigenvalue weighted by Crippen LogP contribution is -2.40. The number of amides is 1. The number of thioether (sulfide) groups is 1. The van der Waals surface area contributed by atoms with Crippen LogP contribution in [-0.4, -0.2) is 40.2 Å². The number of thiophene rings is 1. The summed E-state index contributed by atoms with van der Waals surface area (Å²) in [5, 5.41) is 8.90. The lowest BCUT2D eigenvalue weighted by atomic mass is 10.2. The van der Waals surface area contributed by atoms with Crippen LogP contribution >= 0.6 is 23.1 Å². The van der Waals surface area contributed by atoms with Gasteiger partial charge in [-0.25, -0.2) is 0 Å². The highest BCUT2D eigenvalue weighted by molar-refractivity contribution is 7.98. The molecule has 6 heteroatoms. The number of nitrogens with zero attached hydrogens (tertiary/aromatic N) is 1. The molecule has 0 aliphatic carbocycles. The molecule has 19 heavy (non-hydrogen) atoms. The second-order valence-corrected chi connectivity index (χ2v) is 7.02. The molecule has 0 radical (unpaired) electrons. The van der Waals surface area contributed by atoms with Crippen LogP contribution in [0.1, 0.15) is 34.0 Å². The summed E-state index contributed by atoms with van der Waals surface area (Å²) in [7, 11) is 0. The fraction of sp³-hybridized carbons (Fsp3) is 0.538. The summed E-state index contributed by atoms with van der Waals surface area (Å²) in [5.41, 5.74) is 1.24. The van der Waals surface area contributed by atoms with Crippen LogP contribution in [0.2, 0.25) is 0 Å². The van der Waals surface area contributed by atoms with Crippen molar-refractivity contribution in [2.75, 3.05) is 12.3 Å². The van der Waals surface area contributed by atoms with Crippen LogP contribution in [0.25, 0.3) is 0 Å². The molecule has 1 aliphatic heterocycles. The third kappa shape index (κ3) is 3.30. The Kier molecular flexibility index (Phi) is 4.52. The molecule has 0 bridgehead atoms. The zero-order chi connectivity index (χ0) is 14.0. The Morgan fingerprint density at radius 2 is 2.21 bits per heavy atom. The minimum atomic E-state index is -0.973. The lowest BCUT2D eigenvalue weighted by molar-refractivity contribution is -0.138. The van der Waals surface area contributed by atoms with E-state index >= 15 is 0 Å². The first-order valence-electron chi connectivity index (χ1n) is 6.21. The summed E-state index contributed by atoms with van der Waals surface area (Å²) in [6, 6.07) is 1.82. The van der Waals surface area contributed by atoms with Gasteiger partial charge in [0.05, 0.1) is 4.88 Å². The average Bonchev–Trinajstić information content (AvgIpc) is 2.78. The van der Waals surface area contributed by atoms with Crippen LogP contribution < -0.4 is 0 Å². The molecule has 1 aromatic heterocycles. The van der Waals surface area contributed by atoms with E-state index in [0.717, 1.165) is 17.9 Å². The highest BCUT2D eigenvalue weighted by Gasteiger charge is 2.24. The van der Waals surface area contributed by atoms with Crippen LogP contribution in [0.15, 0.2) is 6.07 Å². The Morgan fingerprint density at radius 1 is 1.47 bits per heavy atom. The SMILES string of the molecule is CC(C)N(CC(=O)O)C(=O)c1cc2c(s1)CCSC2. The number of fused-ring (bicyclic) bond motifs is 1. The number of hydrogen-bond acceptors (Lipinski definition) is 4. The number of aliphatic carboxylic acids is 1. The van der Waals surface area contributed by atoms with E-state index in [0.29, 0.717) is 4.88 Å². The standard InChI is InChI=1S/C13H17NO3S2/c1-8(2)14(6-12(15)16)13(17)11-5-9-7-18-4-3-10(9)19-11/h5,8H,3-4,6-7H2,1-2H3,(H,15,16). The second-order valence-electron chi connectivity index (χ2n) is 4.78. The fourth-order valence-electron chi connectivity index (χ4n) is 2.03. The number of carboxylic acid groups (broad SMARTS) is 1. The molecule has 0 saturated heterocycles. The van der Waals surface area contributed by atoms with Gasteiger partial charge in [-0.15, -0.1) is 11.3 Å². The first-order valence-corrected chi connectivity index (χ1v) is 8.18. The molecule has 0 fully saturated rings. The molecule has 2 rings (SSSR count). The van der Waals surface area contributed by atoms with Gasteiger partial charge in [-0.05, 0) is 37.7 Å². The average molecular weight is 299 g/mol. The lowest BCUT2D eigenvalue weighted by Gasteiger charge is -2.24. The Morgan fingerprint density at radius 3 is 2.79 bits per heavy atom. The summed E-state index contributed by atoms with van der Waals surface area (Å²) in [4.78, 5) is 26.6. The number of carbonyl (C=O) groups excluding carboxylic acids is 1. The Hall–Kier alpha value is -1.01. The van der Waals surface area contributed by atoms with E-state index in [1.54, 1.807) is 0 Å². The normalized spacial score (nSPS) is 14.3. The van der Waals surface area contributed by atoms with Crippen LogP contribution in [0, 0.1) is 0 Å². The molecule has 0 atom stereocenters. The highest BCUT2D eigenvalue weighted by atomic mass is 32.2.